The highest BCUT2D eigenvalue weighted by molar-refractivity contribution is 7.89. The molecular formula is C11H17Cl2N3O4S. The number of likely N-dealkylation sites (N-methyl/N-ethyl adjacent to an activating group) is 1. The standard InChI is InChI=1S/C11H16ClN3O4S.ClH/c1-3-13-8(2)7-14-20(18,19)11-5-4-9(15(16)17)6-10(11)12;/h4-6,8,13-14H,3,7H2,1-2H3;1H/t8-;/m1./s1. The Hall–Kier alpha value is -0.930. The lowest BCUT2D eigenvalue weighted by Crippen LogP contribution is -2.38. The molecule has 0 aromatic heterocycles. The van der Waals surface area contributed by atoms with Crippen LogP contribution in [0.1, 0.15) is 13.8 Å². The molecule has 21 heavy (non-hydrogen) atoms. The normalized spacial score (nSPS) is 12.5. The lowest BCUT2D eigenvalue weighted by Gasteiger charge is -2.14. The number of hydrogen-bond donors (Lipinski definition) is 2. The number of rotatable bonds is 7. The molecule has 0 aliphatic rings. The summed E-state index contributed by atoms with van der Waals surface area (Å²) in [5.74, 6) is 0. The molecule has 1 atom stereocenters. The van der Waals surface area contributed by atoms with E-state index in [2.05, 4.69) is 10.0 Å². The second-order valence-corrected chi connectivity index (χ2v) is 6.33. The van der Waals surface area contributed by atoms with Gasteiger partial charge in [-0.05, 0) is 19.5 Å². The molecule has 0 bridgehead atoms. The molecule has 0 unspecified atom stereocenters. The van der Waals surface area contributed by atoms with Crippen molar-refractivity contribution in [3.63, 3.8) is 0 Å². The zero-order valence-electron chi connectivity index (χ0n) is 11.5. The van der Waals surface area contributed by atoms with Gasteiger partial charge in [-0.1, -0.05) is 18.5 Å². The summed E-state index contributed by atoms with van der Waals surface area (Å²) in [6.45, 7) is 4.67. The third-order valence-corrected chi connectivity index (χ3v) is 4.45. The molecule has 10 heteroatoms. The highest BCUT2D eigenvalue weighted by Gasteiger charge is 2.20. The second-order valence-electron chi connectivity index (χ2n) is 4.18. The van der Waals surface area contributed by atoms with Gasteiger partial charge in [-0.25, -0.2) is 13.1 Å². The summed E-state index contributed by atoms with van der Waals surface area (Å²) in [7, 11) is -3.79. The molecule has 0 spiro atoms. The minimum Gasteiger partial charge on any atom is -0.313 e. The van der Waals surface area contributed by atoms with Gasteiger partial charge in [-0.3, -0.25) is 10.1 Å². The largest absolute Gasteiger partial charge is 0.313 e. The Morgan fingerprint density at radius 2 is 2.05 bits per heavy atom. The maximum atomic E-state index is 12.0. The Morgan fingerprint density at radius 1 is 1.43 bits per heavy atom. The second kappa shape index (κ2) is 8.50. The summed E-state index contributed by atoms with van der Waals surface area (Å²) in [5.41, 5.74) is -0.255. The Morgan fingerprint density at radius 3 is 2.52 bits per heavy atom. The molecule has 7 nitrogen and oxygen atoms in total. The first-order valence-electron chi connectivity index (χ1n) is 5.95. The van der Waals surface area contributed by atoms with Crippen LogP contribution in [0.15, 0.2) is 23.1 Å². The topological polar surface area (TPSA) is 101 Å². The molecular weight excluding hydrogens is 341 g/mol. The van der Waals surface area contributed by atoms with Gasteiger partial charge in [-0.2, -0.15) is 0 Å². The van der Waals surface area contributed by atoms with Crippen molar-refractivity contribution in [2.75, 3.05) is 13.1 Å². The van der Waals surface area contributed by atoms with Crippen molar-refractivity contribution in [2.45, 2.75) is 24.8 Å². The van der Waals surface area contributed by atoms with E-state index < -0.39 is 14.9 Å². The molecule has 0 saturated heterocycles. The van der Waals surface area contributed by atoms with Gasteiger partial charge in [0.2, 0.25) is 10.0 Å². The predicted octanol–water partition coefficient (Wildman–Crippen LogP) is 1.95. The van der Waals surface area contributed by atoms with Gasteiger partial charge in [0.05, 0.1) is 9.95 Å². The van der Waals surface area contributed by atoms with Crippen molar-refractivity contribution in [3.05, 3.63) is 33.3 Å². The van der Waals surface area contributed by atoms with Gasteiger partial charge in [0.15, 0.2) is 0 Å². The van der Waals surface area contributed by atoms with Crippen LogP contribution in [0.5, 0.6) is 0 Å². The molecule has 2 N–H and O–H groups in total. The number of hydrogen-bond acceptors (Lipinski definition) is 5. The Kier molecular flexibility index (Phi) is 8.12. The van der Waals surface area contributed by atoms with Crippen molar-refractivity contribution < 1.29 is 13.3 Å². The van der Waals surface area contributed by atoms with Crippen molar-refractivity contribution in [3.8, 4) is 0 Å². The van der Waals surface area contributed by atoms with Crippen LogP contribution in [0.4, 0.5) is 5.69 Å². The van der Waals surface area contributed by atoms with Crippen molar-refractivity contribution in [2.24, 2.45) is 0 Å². The van der Waals surface area contributed by atoms with Crippen LogP contribution >= 0.6 is 24.0 Å². The summed E-state index contributed by atoms with van der Waals surface area (Å²) in [6, 6.07) is 3.21. The number of benzene rings is 1. The fraction of sp³-hybridized carbons (Fsp3) is 0.455. The number of nitrogens with zero attached hydrogens (tertiary/aromatic N) is 1. The van der Waals surface area contributed by atoms with E-state index in [4.69, 9.17) is 11.6 Å². The van der Waals surface area contributed by atoms with Crippen molar-refractivity contribution in [1.29, 1.82) is 0 Å². The first-order valence-corrected chi connectivity index (χ1v) is 7.81. The van der Waals surface area contributed by atoms with Crippen LogP contribution in [-0.2, 0) is 10.0 Å². The van der Waals surface area contributed by atoms with E-state index >= 15 is 0 Å². The first kappa shape index (κ1) is 20.1. The summed E-state index contributed by atoms with van der Waals surface area (Å²) in [6.07, 6.45) is 0. The van der Waals surface area contributed by atoms with Crippen LogP contribution in [0.25, 0.3) is 0 Å². The molecule has 120 valence electrons. The maximum Gasteiger partial charge on any atom is 0.271 e. The van der Waals surface area contributed by atoms with Crippen LogP contribution in [0.2, 0.25) is 5.02 Å². The van der Waals surface area contributed by atoms with Gasteiger partial charge < -0.3 is 5.32 Å². The first-order chi connectivity index (χ1) is 9.27. The average molecular weight is 358 g/mol. The van der Waals surface area contributed by atoms with Crippen LogP contribution < -0.4 is 10.0 Å². The fourth-order valence-corrected chi connectivity index (χ4v) is 3.22. The SMILES string of the molecule is CCN[C@H](C)CNS(=O)(=O)c1ccc([N+](=O)[O-])cc1Cl.Cl. The number of nitro benzene ring substituents is 1. The highest BCUT2D eigenvalue weighted by atomic mass is 35.5. The molecule has 0 amide bonds. The van der Waals surface area contributed by atoms with Gasteiger partial charge >= 0.3 is 0 Å². The van der Waals surface area contributed by atoms with E-state index in [-0.39, 0.29) is 40.6 Å². The predicted molar refractivity (Wildman–Crippen MR) is 83.7 cm³/mol. The zero-order chi connectivity index (χ0) is 15.3. The molecule has 0 saturated carbocycles. The Balaban J connectivity index is 0.00000400. The maximum absolute atomic E-state index is 12.0. The highest BCUT2D eigenvalue weighted by Crippen LogP contribution is 2.25. The van der Waals surface area contributed by atoms with E-state index in [1.165, 1.54) is 0 Å². The molecule has 0 aliphatic heterocycles. The van der Waals surface area contributed by atoms with Crippen molar-refractivity contribution in [1.82, 2.24) is 10.0 Å². The van der Waals surface area contributed by atoms with E-state index in [1.807, 2.05) is 13.8 Å². The van der Waals surface area contributed by atoms with Crippen LogP contribution in [0.3, 0.4) is 0 Å². The smallest absolute Gasteiger partial charge is 0.271 e. The third kappa shape index (κ3) is 5.76. The lowest BCUT2D eigenvalue weighted by atomic mass is 10.3. The zero-order valence-corrected chi connectivity index (χ0v) is 13.9. The van der Waals surface area contributed by atoms with Gasteiger partial charge in [0.25, 0.3) is 5.69 Å². The molecule has 0 aliphatic carbocycles. The van der Waals surface area contributed by atoms with E-state index in [9.17, 15) is 18.5 Å². The quantitative estimate of drug-likeness (QED) is 0.573. The number of nitrogens with one attached hydrogen (secondary N) is 2. The van der Waals surface area contributed by atoms with E-state index in [0.717, 1.165) is 24.7 Å². The molecule has 0 heterocycles. The van der Waals surface area contributed by atoms with E-state index in [0.29, 0.717) is 0 Å². The number of non-ortho nitro benzene ring substituents is 1. The summed E-state index contributed by atoms with van der Waals surface area (Å²) >= 11 is 5.80. The van der Waals surface area contributed by atoms with Crippen LogP contribution in [-0.4, -0.2) is 32.5 Å². The summed E-state index contributed by atoms with van der Waals surface area (Å²) in [4.78, 5) is 9.77. The van der Waals surface area contributed by atoms with Gasteiger partial charge in [0.1, 0.15) is 4.90 Å². The van der Waals surface area contributed by atoms with Gasteiger partial charge in [-0.15, -0.1) is 12.4 Å². The molecule has 0 radical (unpaired) electrons. The minimum atomic E-state index is -3.79. The van der Waals surface area contributed by atoms with Gasteiger partial charge in [0, 0.05) is 24.7 Å². The summed E-state index contributed by atoms with van der Waals surface area (Å²) in [5, 5.41) is 13.5. The number of nitro groups is 1. The average Bonchev–Trinajstić information content (AvgIpc) is 2.36. The Labute approximate surface area is 134 Å². The minimum absolute atomic E-state index is 0. The third-order valence-electron chi connectivity index (χ3n) is 2.55. The molecule has 1 aromatic rings. The van der Waals surface area contributed by atoms with Crippen LogP contribution in [0, 0.1) is 10.1 Å². The molecule has 0 fully saturated rings. The molecule has 1 rings (SSSR count). The number of sulfonamides is 1. The lowest BCUT2D eigenvalue weighted by molar-refractivity contribution is -0.384. The molecule has 1 aromatic carbocycles. The monoisotopic (exact) mass is 357 g/mol. The number of halogens is 2. The van der Waals surface area contributed by atoms with Crippen molar-refractivity contribution >= 4 is 39.7 Å². The fourth-order valence-electron chi connectivity index (χ4n) is 1.55. The summed E-state index contributed by atoms with van der Waals surface area (Å²) < 4.78 is 26.5. The Bertz CT molecular complexity index is 595. The van der Waals surface area contributed by atoms with E-state index in [1.54, 1.807) is 0 Å².